The van der Waals surface area contributed by atoms with Crippen molar-refractivity contribution < 1.29 is 4.79 Å². The Morgan fingerprint density at radius 2 is 2.00 bits per heavy atom. The minimum absolute atomic E-state index is 0.404. The van der Waals surface area contributed by atoms with E-state index in [1.54, 1.807) is 7.05 Å². The van der Waals surface area contributed by atoms with E-state index >= 15 is 0 Å². The quantitative estimate of drug-likeness (QED) is 0.817. The van der Waals surface area contributed by atoms with Crippen LogP contribution in [0, 0.1) is 0 Å². The van der Waals surface area contributed by atoms with Gasteiger partial charge in [-0.25, -0.2) is 4.79 Å². The van der Waals surface area contributed by atoms with Crippen molar-refractivity contribution in [3.05, 3.63) is 34.9 Å². The lowest BCUT2D eigenvalue weighted by atomic mass is 10.1. The predicted molar refractivity (Wildman–Crippen MR) is 57.4 cm³/mol. The van der Waals surface area contributed by atoms with Gasteiger partial charge in [-0.3, -0.25) is 0 Å². The summed E-state index contributed by atoms with van der Waals surface area (Å²) in [5.74, 6) is 0. The first kappa shape index (κ1) is 10.9. The number of amides is 2. The predicted octanol–water partition coefficient (Wildman–Crippen LogP) is 1.89. The molecule has 0 aliphatic heterocycles. The zero-order chi connectivity index (χ0) is 10.6. The van der Waals surface area contributed by atoms with E-state index in [1.807, 2.05) is 24.3 Å². The Labute approximate surface area is 88.5 Å². The van der Waals surface area contributed by atoms with Gasteiger partial charge in [-0.1, -0.05) is 23.7 Å². The molecule has 2 N–H and O–H groups in total. The van der Waals surface area contributed by atoms with Crippen LogP contribution in [0.5, 0.6) is 0 Å². The van der Waals surface area contributed by atoms with Crippen molar-refractivity contribution in [3.8, 4) is 0 Å². The Balaban J connectivity index is 2.46. The fourth-order valence-corrected chi connectivity index (χ4v) is 1.18. The molecule has 76 valence electrons. The first-order chi connectivity index (χ1) is 6.59. The molecule has 0 aromatic heterocycles. The maximum Gasteiger partial charge on any atom is 0.314 e. The topological polar surface area (TPSA) is 46.3 Å². The summed E-state index contributed by atoms with van der Waals surface area (Å²) in [5, 5.41) is 0.719. The van der Waals surface area contributed by atoms with E-state index in [9.17, 15) is 4.79 Å². The van der Waals surface area contributed by atoms with Crippen LogP contribution >= 0.6 is 11.6 Å². The van der Waals surface area contributed by atoms with Crippen molar-refractivity contribution in [2.45, 2.75) is 6.42 Å². The van der Waals surface area contributed by atoms with Crippen molar-refractivity contribution in [2.75, 3.05) is 13.6 Å². The van der Waals surface area contributed by atoms with Crippen LogP contribution in [0.4, 0.5) is 4.79 Å². The number of hydrogen-bond donors (Lipinski definition) is 1. The van der Waals surface area contributed by atoms with Gasteiger partial charge in [0.15, 0.2) is 0 Å². The van der Waals surface area contributed by atoms with Crippen LogP contribution in [0.25, 0.3) is 0 Å². The molecule has 0 fully saturated rings. The highest BCUT2D eigenvalue weighted by Crippen LogP contribution is 2.09. The van der Waals surface area contributed by atoms with Gasteiger partial charge >= 0.3 is 6.03 Å². The highest BCUT2D eigenvalue weighted by molar-refractivity contribution is 6.30. The Morgan fingerprint density at radius 1 is 1.43 bits per heavy atom. The number of nitrogens with two attached hydrogens (primary N) is 1. The van der Waals surface area contributed by atoms with Gasteiger partial charge in [0.05, 0.1) is 0 Å². The van der Waals surface area contributed by atoms with Crippen LogP contribution in [0.15, 0.2) is 24.3 Å². The SMILES string of the molecule is CN(CCc1ccc(Cl)cc1)C(N)=O. The zero-order valence-corrected chi connectivity index (χ0v) is 8.79. The Hall–Kier alpha value is -1.22. The number of primary amides is 1. The van der Waals surface area contributed by atoms with Gasteiger partial charge in [-0.2, -0.15) is 0 Å². The third kappa shape index (κ3) is 3.26. The monoisotopic (exact) mass is 212 g/mol. The molecule has 0 aliphatic carbocycles. The summed E-state index contributed by atoms with van der Waals surface area (Å²) in [5.41, 5.74) is 6.23. The van der Waals surface area contributed by atoms with Crippen LogP contribution in [0.2, 0.25) is 5.02 Å². The number of rotatable bonds is 3. The molecular formula is C10H13ClN2O. The van der Waals surface area contributed by atoms with Crippen LogP contribution in [-0.4, -0.2) is 24.5 Å². The molecule has 2 amide bonds. The molecule has 0 aliphatic rings. The molecule has 14 heavy (non-hydrogen) atoms. The number of carbonyl (C=O) groups is 1. The van der Waals surface area contributed by atoms with Gasteiger partial charge < -0.3 is 10.6 Å². The molecule has 1 aromatic rings. The summed E-state index contributed by atoms with van der Waals surface area (Å²) in [4.78, 5) is 12.2. The second-order valence-corrected chi connectivity index (χ2v) is 3.57. The van der Waals surface area contributed by atoms with E-state index in [2.05, 4.69) is 0 Å². The number of urea groups is 1. The van der Waals surface area contributed by atoms with Crippen molar-refractivity contribution in [3.63, 3.8) is 0 Å². The number of carbonyl (C=O) groups excluding carboxylic acids is 1. The standard InChI is InChI=1S/C10H13ClN2O/c1-13(10(12)14)7-6-8-2-4-9(11)5-3-8/h2-5H,6-7H2,1H3,(H2,12,14). The van der Waals surface area contributed by atoms with Crippen molar-refractivity contribution in [1.82, 2.24) is 4.90 Å². The summed E-state index contributed by atoms with van der Waals surface area (Å²) < 4.78 is 0. The Bertz CT molecular complexity index is 310. The summed E-state index contributed by atoms with van der Waals surface area (Å²) >= 11 is 5.74. The average Bonchev–Trinajstić information content (AvgIpc) is 2.16. The highest BCUT2D eigenvalue weighted by Gasteiger charge is 2.02. The van der Waals surface area contributed by atoms with Crippen molar-refractivity contribution >= 4 is 17.6 Å². The molecule has 0 spiro atoms. The minimum Gasteiger partial charge on any atom is -0.351 e. The number of nitrogens with zero attached hydrogens (tertiary/aromatic N) is 1. The molecule has 0 unspecified atom stereocenters. The molecule has 1 aromatic carbocycles. The van der Waals surface area contributed by atoms with E-state index in [0.717, 1.165) is 17.0 Å². The van der Waals surface area contributed by atoms with Crippen molar-refractivity contribution in [2.24, 2.45) is 5.73 Å². The van der Waals surface area contributed by atoms with Crippen LogP contribution in [0.1, 0.15) is 5.56 Å². The molecule has 3 nitrogen and oxygen atoms in total. The van der Waals surface area contributed by atoms with Crippen LogP contribution < -0.4 is 5.73 Å². The van der Waals surface area contributed by atoms with Crippen LogP contribution in [0.3, 0.4) is 0 Å². The lowest BCUT2D eigenvalue weighted by molar-refractivity contribution is 0.219. The molecule has 0 saturated heterocycles. The van der Waals surface area contributed by atoms with E-state index in [0.29, 0.717) is 6.54 Å². The molecule has 0 heterocycles. The number of hydrogen-bond acceptors (Lipinski definition) is 1. The smallest absolute Gasteiger partial charge is 0.314 e. The third-order valence-corrected chi connectivity index (χ3v) is 2.28. The zero-order valence-electron chi connectivity index (χ0n) is 8.03. The number of halogens is 1. The number of benzene rings is 1. The number of likely N-dealkylation sites (N-methyl/N-ethyl adjacent to an activating group) is 1. The minimum atomic E-state index is -0.404. The van der Waals surface area contributed by atoms with E-state index in [1.165, 1.54) is 4.90 Å². The Morgan fingerprint density at radius 3 is 2.50 bits per heavy atom. The second kappa shape index (κ2) is 4.86. The highest BCUT2D eigenvalue weighted by atomic mass is 35.5. The fraction of sp³-hybridized carbons (Fsp3) is 0.300. The average molecular weight is 213 g/mol. The summed E-state index contributed by atoms with van der Waals surface area (Å²) in [6.45, 7) is 0.622. The van der Waals surface area contributed by atoms with Gasteiger partial charge in [0.1, 0.15) is 0 Å². The van der Waals surface area contributed by atoms with Gasteiger partial charge in [0.25, 0.3) is 0 Å². The second-order valence-electron chi connectivity index (χ2n) is 3.14. The molecular weight excluding hydrogens is 200 g/mol. The largest absolute Gasteiger partial charge is 0.351 e. The summed E-state index contributed by atoms with van der Waals surface area (Å²) in [6.07, 6.45) is 0.788. The molecule has 1 rings (SSSR count). The fourth-order valence-electron chi connectivity index (χ4n) is 1.06. The lowest BCUT2D eigenvalue weighted by Crippen LogP contribution is -2.33. The first-order valence-electron chi connectivity index (χ1n) is 4.34. The third-order valence-electron chi connectivity index (χ3n) is 2.03. The molecule has 0 saturated carbocycles. The van der Waals surface area contributed by atoms with E-state index < -0.39 is 6.03 Å². The van der Waals surface area contributed by atoms with E-state index in [-0.39, 0.29) is 0 Å². The van der Waals surface area contributed by atoms with Gasteiger partial charge in [-0.05, 0) is 24.1 Å². The lowest BCUT2D eigenvalue weighted by Gasteiger charge is -2.13. The van der Waals surface area contributed by atoms with E-state index in [4.69, 9.17) is 17.3 Å². The normalized spacial score (nSPS) is 9.86. The molecule has 0 radical (unpaired) electrons. The molecule has 4 heteroatoms. The van der Waals surface area contributed by atoms with Gasteiger partial charge in [0.2, 0.25) is 0 Å². The summed E-state index contributed by atoms with van der Waals surface area (Å²) in [6, 6.07) is 7.15. The first-order valence-corrected chi connectivity index (χ1v) is 4.72. The maximum absolute atomic E-state index is 10.7. The van der Waals surface area contributed by atoms with Crippen LogP contribution in [-0.2, 0) is 6.42 Å². The summed E-state index contributed by atoms with van der Waals surface area (Å²) in [7, 11) is 1.68. The molecule has 0 atom stereocenters. The van der Waals surface area contributed by atoms with Gasteiger partial charge in [-0.15, -0.1) is 0 Å². The van der Waals surface area contributed by atoms with Crippen molar-refractivity contribution in [1.29, 1.82) is 0 Å². The Kier molecular flexibility index (Phi) is 3.77. The maximum atomic E-state index is 10.7. The van der Waals surface area contributed by atoms with Gasteiger partial charge in [0, 0.05) is 18.6 Å². The molecule has 0 bridgehead atoms.